The predicted molar refractivity (Wildman–Crippen MR) is 76.7 cm³/mol. The molecular weight excluding hydrogens is 269 g/mol. The lowest BCUT2D eigenvalue weighted by molar-refractivity contribution is 0.467. The summed E-state index contributed by atoms with van der Waals surface area (Å²) in [4.78, 5) is 0. The van der Waals surface area contributed by atoms with Gasteiger partial charge in [0, 0.05) is 5.02 Å². The van der Waals surface area contributed by atoms with Gasteiger partial charge in [-0.05, 0) is 50.6 Å². The molecule has 1 unspecified atom stereocenters. The molecule has 4 heteroatoms. The molecule has 2 rings (SSSR count). The molecule has 96 valence electrons. The van der Waals surface area contributed by atoms with Crippen LogP contribution in [0.3, 0.4) is 0 Å². The topological polar surface area (TPSA) is 25.2 Å². The maximum Gasteiger partial charge on any atom is 0.126 e. The molecule has 1 aromatic heterocycles. The standard InChI is InChI=1S/C14H15Cl2NO/c1-8-6-12(16)13(7-11(8)15)17-10(3)14-5-4-9(2)18-14/h4-7,10,17H,1-3H3. The molecule has 0 radical (unpaired) electrons. The first-order chi connectivity index (χ1) is 8.47. The molecule has 0 aliphatic rings. The second kappa shape index (κ2) is 5.25. The van der Waals surface area contributed by atoms with Crippen LogP contribution in [0.4, 0.5) is 5.69 Å². The Balaban J connectivity index is 2.21. The van der Waals surface area contributed by atoms with E-state index in [-0.39, 0.29) is 6.04 Å². The Morgan fingerprint density at radius 3 is 2.44 bits per heavy atom. The van der Waals surface area contributed by atoms with Gasteiger partial charge in [0.1, 0.15) is 11.5 Å². The Kier molecular flexibility index (Phi) is 3.88. The van der Waals surface area contributed by atoms with E-state index in [4.69, 9.17) is 27.6 Å². The van der Waals surface area contributed by atoms with Crippen LogP contribution in [0, 0.1) is 13.8 Å². The zero-order valence-electron chi connectivity index (χ0n) is 10.6. The van der Waals surface area contributed by atoms with Crippen LogP contribution in [-0.2, 0) is 0 Å². The molecule has 0 aliphatic carbocycles. The molecule has 0 spiro atoms. The third-order valence-corrected chi connectivity index (χ3v) is 3.53. The van der Waals surface area contributed by atoms with E-state index < -0.39 is 0 Å². The first-order valence-electron chi connectivity index (χ1n) is 5.76. The minimum Gasteiger partial charge on any atom is -0.464 e. The summed E-state index contributed by atoms with van der Waals surface area (Å²) in [6, 6.07) is 7.63. The fraction of sp³-hybridized carbons (Fsp3) is 0.286. The molecule has 18 heavy (non-hydrogen) atoms. The molecule has 2 aromatic rings. The lowest BCUT2D eigenvalue weighted by atomic mass is 10.2. The Hall–Kier alpha value is -1.12. The highest BCUT2D eigenvalue weighted by Gasteiger charge is 2.12. The smallest absolute Gasteiger partial charge is 0.126 e. The Bertz CT molecular complexity index is 563. The largest absolute Gasteiger partial charge is 0.464 e. The van der Waals surface area contributed by atoms with Crippen molar-refractivity contribution in [3.8, 4) is 0 Å². The van der Waals surface area contributed by atoms with Crippen LogP contribution in [-0.4, -0.2) is 0 Å². The minimum atomic E-state index is 0.0370. The first kappa shape index (κ1) is 13.3. The van der Waals surface area contributed by atoms with E-state index in [1.165, 1.54) is 0 Å². The molecule has 0 aliphatic heterocycles. The summed E-state index contributed by atoms with van der Waals surface area (Å²) < 4.78 is 5.57. The molecule has 1 atom stereocenters. The van der Waals surface area contributed by atoms with Crippen molar-refractivity contribution in [2.24, 2.45) is 0 Å². The van der Waals surface area contributed by atoms with Crippen molar-refractivity contribution >= 4 is 28.9 Å². The van der Waals surface area contributed by atoms with Crippen LogP contribution in [0.5, 0.6) is 0 Å². The summed E-state index contributed by atoms with van der Waals surface area (Å²) >= 11 is 12.3. The summed E-state index contributed by atoms with van der Waals surface area (Å²) in [5.41, 5.74) is 1.78. The number of nitrogens with one attached hydrogen (secondary N) is 1. The van der Waals surface area contributed by atoms with Gasteiger partial charge in [0.15, 0.2) is 0 Å². The van der Waals surface area contributed by atoms with Crippen LogP contribution in [0.1, 0.15) is 30.0 Å². The number of halogens is 2. The van der Waals surface area contributed by atoms with Crippen molar-refractivity contribution in [2.45, 2.75) is 26.8 Å². The molecule has 1 N–H and O–H groups in total. The third kappa shape index (κ3) is 2.82. The highest BCUT2D eigenvalue weighted by molar-refractivity contribution is 6.35. The van der Waals surface area contributed by atoms with Crippen LogP contribution >= 0.6 is 23.2 Å². The summed E-state index contributed by atoms with van der Waals surface area (Å²) in [7, 11) is 0. The molecular formula is C14H15Cl2NO. The molecule has 1 heterocycles. The van der Waals surface area contributed by atoms with Crippen molar-refractivity contribution in [1.82, 2.24) is 0 Å². The average molecular weight is 284 g/mol. The van der Waals surface area contributed by atoms with Gasteiger partial charge in [0.2, 0.25) is 0 Å². The number of benzene rings is 1. The lowest BCUT2D eigenvalue weighted by Crippen LogP contribution is -2.06. The molecule has 0 amide bonds. The molecule has 0 bridgehead atoms. The van der Waals surface area contributed by atoms with Gasteiger partial charge in [-0.2, -0.15) is 0 Å². The fourth-order valence-electron chi connectivity index (χ4n) is 1.75. The van der Waals surface area contributed by atoms with Gasteiger partial charge in [-0.1, -0.05) is 23.2 Å². The second-order valence-corrected chi connectivity index (χ2v) is 5.21. The summed E-state index contributed by atoms with van der Waals surface area (Å²) in [6.07, 6.45) is 0. The normalized spacial score (nSPS) is 12.5. The maximum atomic E-state index is 6.19. The van der Waals surface area contributed by atoms with Crippen LogP contribution in [0.25, 0.3) is 0 Å². The molecule has 0 saturated carbocycles. The second-order valence-electron chi connectivity index (χ2n) is 4.40. The Labute approximate surface area is 117 Å². The van der Waals surface area contributed by atoms with Crippen LogP contribution in [0.15, 0.2) is 28.7 Å². The number of hydrogen-bond acceptors (Lipinski definition) is 2. The number of aryl methyl sites for hydroxylation is 2. The molecule has 2 nitrogen and oxygen atoms in total. The number of furan rings is 1. The summed E-state index contributed by atoms with van der Waals surface area (Å²) in [5, 5.41) is 4.66. The highest BCUT2D eigenvalue weighted by Crippen LogP contribution is 2.31. The van der Waals surface area contributed by atoms with Crippen molar-refractivity contribution in [2.75, 3.05) is 5.32 Å². The van der Waals surface area contributed by atoms with E-state index in [2.05, 4.69) is 5.32 Å². The predicted octanol–water partition coefficient (Wildman–Crippen LogP) is 5.38. The summed E-state index contributed by atoms with van der Waals surface area (Å²) in [6.45, 7) is 5.87. The highest BCUT2D eigenvalue weighted by atomic mass is 35.5. The van der Waals surface area contributed by atoms with Gasteiger partial charge >= 0.3 is 0 Å². The Morgan fingerprint density at radius 1 is 1.11 bits per heavy atom. The minimum absolute atomic E-state index is 0.0370. The van der Waals surface area contributed by atoms with Gasteiger partial charge in [-0.15, -0.1) is 0 Å². The summed E-state index contributed by atoms with van der Waals surface area (Å²) in [5.74, 6) is 1.77. The third-order valence-electron chi connectivity index (χ3n) is 2.81. The lowest BCUT2D eigenvalue weighted by Gasteiger charge is -2.15. The SMILES string of the molecule is Cc1ccc(C(C)Nc2cc(Cl)c(C)cc2Cl)o1. The van der Waals surface area contributed by atoms with E-state index in [1.54, 1.807) is 0 Å². The number of hydrogen-bond donors (Lipinski definition) is 1. The van der Waals surface area contributed by atoms with Gasteiger partial charge in [0.25, 0.3) is 0 Å². The Morgan fingerprint density at radius 2 is 1.83 bits per heavy atom. The number of rotatable bonds is 3. The maximum absolute atomic E-state index is 6.19. The average Bonchev–Trinajstić information content (AvgIpc) is 2.73. The van der Waals surface area contributed by atoms with E-state index in [0.29, 0.717) is 10.0 Å². The number of anilines is 1. The monoisotopic (exact) mass is 283 g/mol. The van der Waals surface area contributed by atoms with Crippen molar-refractivity contribution in [3.05, 3.63) is 51.4 Å². The van der Waals surface area contributed by atoms with Gasteiger partial charge in [0.05, 0.1) is 16.8 Å². The van der Waals surface area contributed by atoms with Gasteiger partial charge in [-0.3, -0.25) is 0 Å². The zero-order valence-corrected chi connectivity index (χ0v) is 12.1. The van der Waals surface area contributed by atoms with Crippen molar-refractivity contribution < 1.29 is 4.42 Å². The van der Waals surface area contributed by atoms with Crippen LogP contribution < -0.4 is 5.32 Å². The van der Waals surface area contributed by atoms with E-state index >= 15 is 0 Å². The zero-order chi connectivity index (χ0) is 13.3. The van der Waals surface area contributed by atoms with E-state index in [0.717, 1.165) is 22.8 Å². The van der Waals surface area contributed by atoms with E-state index in [9.17, 15) is 0 Å². The quantitative estimate of drug-likeness (QED) is 0.818. The molecule has 0 saturated heterocycles. The van der Waals surface area contributed by atoms with Gasteiger partial charge < -0.3 is 9.73 Å². The van der Waals surface area contributed by atoms with Crippen molar-refractivity contribution in [3.63, 3.8) is 0 Å². The first-order valence-corrected chi connectivity index (χ1v) is 6.51. The van der Waals surface area contributed by atoms with Gasteiger partial charge in [-0.25, -0.2) is 0 Å². The fourth-order valence-corrected chi connectivity index (χ4v) is 2.18. The molecule has 0 fully saturated rings. The van der Waals surface area contributed by atoms with Crippen molar-refractivity contribution in [1.29, 1.82) is 0 Å². The molecule has 1 aromatic carbocycles. The van der Waals surface area contributed by atoms with E-state index in [1.807, 2.05) is 45.0 Å². The van der Waals surface area contributed by atoms with Crippen LogP contribution in [0.2, 0.25) is 10.0 Å².